The second kappa shape index (κ2) is 8.06. The first kappa shape index (κ1) is 17.3. The maximum atomic E-state index is 12.0. The van der Waals surface area contributed by atoms with Crippen LogP contribution in [0, 0.1) is 0 Å². The molecule has 2 aromatic rings. The lowest BCUT2D eigenvalue weighted by atomic mass is 9.92. The Balaban J connectivity index is 1.44. The van der Waals surface area contributed by atoms with Crippen LogP contribution in [0.5, 0.6) is 0 Å². The van der Waals surface area contributed by atoms with Crippen LogP contribution >= 0.6 is 0 Å². The fourth-order valence-electron chi connectivity index (χ4n) is 3.10. The molecule has 134 valence electrons. The number of imidazole rings is 1. The average Bonchev–Trinajstić information content (AvgIpc) is 3.14. The number of carbonyl (C=O) groups excluding carboxylic acids is 1. The van der Waals surface area contributed by atoms with Crippen molar-refractivity contribution < 1.29 is 9.90 Å². The fourth-order valence-corrected chi connectivity index (χ4v) is 3.10. The molecule has 1 amide bonds. The van der Waals surface area contributed by atoms with E-state index in [-0.39, 0.29) is 12.5 Å². The lowest BCUT2D eigenvalue weighted by Gasteiger charge is -2.39. The minimum absolute atomic E-state index is 0.0369. The number of amides is 1. The molecule has 0 unspecified atom stereocenters. The van der Waals surface area contributed by atoms with Gasteiger partial charge in [0.1, 0.15) is 5.82 Å². The first-order chi connectivity index (χ1) is 12.1. The minimum atomic E-state index is -0.935. The van der Waals surface area contributed by atoms with E-state index in [1.807, 2.05) is 15.7 Å². The molecule has 2 N–H and O–H groups in total. The Morgan fingerprint density at radius 2 is 2.24 bits per heavy atom. The highest BCUT2D eigenvalue weighted by Crippen LogP contribution is 2.23. The summed E-state index contributed by atoms with van der Waals surface area (Å²) < 4.78 is 1.95. The van der Waals surface area contributed by atoms with Crippen LogP contribution in [0.1, 0.15) is 25.7 Å². The van der Waals surface area contributed by atoms with E-state index >= 15 is 0 Å². The summed E-state index contributed by atoms with van der Waals surface area (Å²) in [5.74, 6) is 0.720. The van der Waals surface area contributed by atoms with Crippen molar-refractivity contribution in [2.45, 2.75) is 37.8 Å². The predicted molar refractivity (Wildman–Crippen MR) is 92.9 cm³/mol. The van der Waals surface area contributed by atoms with Crippen LogP contribution in [-0.4, -0.2) is 55.8 Å². The summed E-state index contributed by atoms with van der Waals surface area (Å²) >= 11 is 0. The van der Waals surface area contributed by atoms with Gasteiger partial charge in [0.25, 0.3) is 0 Å². The van der Waals surface area contributed by atoms with Crippen LogP contribution in [0.25, 0.3) is 0 Å². The highest BCUT2D eigenvalue weighted by Gasteiger charge is 2.34. The van der Waals surface area contributed by atoms with Crippen molar-refractivity contribution in [1.29, 1.82) is 0 Å². The average molecular weight is 344 g/mol. The Kier molecular flexibility index (Phi) is 5.60. The molecule has 25 heavy (non-hydrogen) atoms. The van der Waals surface area contributed by atoms with E-state index in [0.717, 1.165) is 31.7 Å². The first-order valence-electron chi connectivity index (χ1n) is 8.60. The van der Waals surface area contributed by atoms with Gasteiger partial charge in [-0.15, -0.1) is 0 Å². The maximum Gasteiger partial charge on any atom is 0.220 e. The summed E-state index contributed by atoms with van der Waals surface area (Å²) in [5, 5.41) is 13.7. The minimum Gasteiger partial charge on any atom is -0.386 e. The van der Waals surface area contributed by atoms with Crippen molar-refractivity contribution >= 4 is 11.7 Å². The van der Waals surface area contributed by atoms with Gasteiger partial charge < -0.3 is 19.9 Å². The third-order valence-electron chi connectivity index (χ3n) is 4.42. The van der Waals surface area contributed by atoms with Crippen LogP contribution in [0.15, 0.2) is 37.3 Å². The summed E-state index contributed by atoms with van der Waals surface area (Å²) in [5.41, 5.74) is -0.935. The van der Waals surface area contributed by atoms with Gasteiger partial charge in [-0.1, -0.05) is 0 Å². The Bertz CT molecular complexity index is 663. The zero-order valence-corrected chi connectivity index (χ0v) is 14.2. The van der Waals surface area contributed by atoms with E-state index in [2.05, 4.69) is 20.3 Å². The van der Waals surface area contributed by atoms with Crippen molar-refractivity contribution in [1.82, 2.24) is 24.8 Å². The SMILES string of the molecule is O=C(CCCn1ccnc1)NC[C@@]1(O)CCCN(c2cnccn2)C1. The van der Waals surface area contributed by atoms with E-state index in [9.17, 15) is 9.90 Å². The Morgan fingerprint density at radius 1 is 1.32 bits per heavy atom. The molecule has 8 nitrogen and oxygen atoms in total. The molecule has 0 aliphatic carbocycles. The summed E-state index contributed by atoms with van der Waals surface area (Å²) in [6.45, 7) is 2.30. The largest absolute Gasteiger partial charge is 0.386 e. The molecule has 0 aromatic carbocycles. The van der Waals surface area contributed by atoms with Crippen LogP contribution in [0.2, 0.25) is 0 Å². The molecule has 0 radical (unpaired) electrons. The summed E-state index contributed by atoms with van der Waals surface area (Å²) in [6, 6.07) is 0. The second-order valence-corrected chi connectivity index (χ2v) is 6.49. The molecule has 0 bridgehead atoms. The van der Waals surface area contributed by atoms with Gasteiger partial charge in [-0.2, -0.15) is 0 Å². The fraction of sp³-hybridized carbons (Fsp3) is 0.529. The van der Waals surface area contributed by atoms with Crippen molar-refractivity contribution in [3.63, 3.8) is 0 Å². The summed E-state index contributed by atoms with van der Waals surface area (Å²) in [6.07, 6.45) is 13.0. The van der Waals surface area contributed by atoms with Crippen molar-refractivity contribution in [2.75, 3.05) is 24.5 Å². The lowest BCUT2D eigenvalue weighted by molar-refractivity contribution is -0.122. The van der Waals surface area contributed by atoms with E-state index in [1.165, 1.54) is 0 Å². The quantitative estimate of drug-likeness (QED) is 0.764. The van der Waals surface area contributed by atoms with E-state index < -0.39 is 5.60 Å². The first-order valence-corrected chi connectivity index (χ1v) is 8.60. The number of aryl methyl sites for hydroxylation is 1. The molecule has 8 heteroatoms. The maximum absolute atomic E-state index is 12.0. The number of anilines is 1. The van der Waals surface area contributed by atoms with Gasteiger partial charge in [-0.3, -0.25) is 9.78 Å². The third kappa shape index (κ3) is 4.99. The van der Waals surface area contributed by atoms with Gasteiger partial charge >= 0.3 is 0 Å². The van der Waals surface area contributed by atoms with Crippen LogP contribution in [0.3, 0.4) is 0 Å². The van der Waals surface area contributed by atoms with Crippen molar-refractivity contribution in [3.05, 3.63) is 37.3 Å². The molecule has 0 saturated carbocycles. The zero-order valence-electron chi connectivity index (χ0n) is 14.2. The Morgan fingerprint density at radius 3 is 3.00 bits per heavy atom. The van der Waals surface area contributed by atoms with Crippen molar-refractivity contribution in [3.8, 4) is 0 Å². The number of piperidine rings is 1. The topological polar surface area (TPSA) is 96.2 Å². The van der Waals surface area contributed by atoms with Crippen LogP contribution < -0.4 is 10.2 Å². The highest BCUT2D eigenvalue weighted by molar-refractivity contribution is 5.75. The number of aromatic nitrogens is 4. The van der Waals surface area contributed by atoms with Gasteiger partial charge in [0.2, 0.25) is 5.91 Å². The van der Waals surface area contributed by atoms with Gasteiger partial charge in [-0.25, -0.2) is 9.97 Å². The third-order valence-corrected chi connectivity index (χ3v) is 4.42. The normalized spacial score (nSPS) is 20.4. The molecule has 3 heterocycles. The molecule has 1 aliphatic rings. The van der Waals surface area contributed by atoms with E-state index in [4.69, 9.17) is 0 Å². The lowest BCUT2D eigenvalue weighted by Crippen LogP contribution is -2.54. The smallest absolute Gasteiger partial charge is 0.220 e. The Hall–Kier alpha value is -2.48. The molecule has 1 aliphatic heterocycles. The monoisotopic (exact) mass is 344 g/mol. The molecule has 1 atom stereocenters. The summed E-state index contributed by atoms with van der Waals surface area (Å²) in [7, 11) is 0. The second-order valence-electron chi connectivity index (χ2n) is 6.49. The number of nitrogens with one attached hydrogen (secondary N) is 1. The van der Waals surface area contributed by atoms with E-state index in [0.29, 0.717) is 19.4 Å². The molecule has 1 saturated heterocycles. The number of hydrogen-bond donors (Lipinski definition) is 2. The number of nitrogens with zero attached hydrogens (tertiary/aromatic N) is 5. The molecule has 2 aromatic heterocycles. The van der Waals surface area contributed by atoms with Crippen LogP contribution in [-0.2, 0) is 11.3 Å². The number of rotatable bonds is 7. The standard InChI is InChI=1S/C17H24N6O2/c24-16(3-1-8-22-10-7-19-14-22)21-12-17(25)4-2-9-23(13-17)15-11-18-5-6-20-15/h5-7,10-11,14,25H,1-4,8-9,12-13H2,(H,21,24)/t17-/m0/s1. The molecule has 0 spiro atoms. The molecule has 1 fully saturated rings. The van der Waals surface area contributed by atoms with Crippen LogP contribution in [0.4, 0.5) is 5.82 Å². The molecular weight excluding hydrogens is 320 g/mol. The number of β-amino-alcohol motifs (C(OH)–C–C–N with tert-alkyl or cyclic N) is 1. The molecular formula is C17H24N6O2. The number of aliphatic hydroxyl groups is 1. The summed E-state index contributed by atoms with van der Waals surface area (Å²) in [4.78, 5) is 26.4. The highest BCUT2D eigenvalue weighted by atomic mass is 16.3. The predicted octanol–water partition coefficient (Wildman–Crippen LogP) is 0.601. The van der Waals surface area contributed by atoms with E-state index in [1.54, 1.807) is 31.1 Å². The van der Waals surface area contributed by atoms with Gasteiger partial charge in [-0.05, 0) is 19.3 Å². The Labute approximate surface area is 146 Å². The van der Waals surface area contributed by atoms with Gasteiger partial charge in [0.05, 0.1) is 18.1 Å². The van der Waals surface area contributed by atoms with Crippen molar-refractivity contribution in [2.24, 2.45) is 0 Å². The number of hydrogen-bond acceptors (Lipinski definition) is 6. The number of carbonyl (C=O) groups is 1. The zero-order chi connectivity index (χ0) is 17.5. The molecule has 3 rings (SSSR count). The van der Waals surface area contributed by atoms with Gasteiger partial charge in [0, 0.05) is 57.4 Å². The van der Waals surface area contributed by atoms with Gasteiger partial charge in [0.15, 0.2) is 0 Å².